The third kappa shape index (κ3) is 18.2. The minimum atomic E-state index is -1.94. The summed E-state index contributed by atoms with van der Waals surface area (Å²) in [7, 11) is -1.48. The van der Waals surface area contributed by atoms with Crippen molar-refractivity contribution in [2.75, 3.05) is 20.5 Å². The Balaban J connectivity index is 4.71. The molecule has 0 spiro atoms. The van der Waals surface area contributed by atoms with Crippen LogP contribution in [-0.2, 0) is 24.9 Å². The van der Waals surface area contributed by atoms with Crippen molar-refractivity contribution in [2.24, 2.45) is 0 Å². The van der Waals surface area contributed by atoms with E-state index in [-0.39, 0.29) is 28.7 Å². The molecule has 3 atom stereocenters. The van der Waals surface area contributed by atoms with Crippen LogP contribution in [0.25, 0.3) is 0 Å². The predicted molar refractivity (Wildman–Crippen MR) is 165 cm³/mol. The van der Waals surface area contributed by atoms with Crippen molar-refractivity contribution in [1.82, 2.24) is 4.72 Å². The molecule has 0 radical (unpaired) electrons. The lowest BCUT2D eigenvalue weighted by Crippen LogP contribution is -2.52. The van der Waals surface area contributed by atoms with Gasteiger partial charge in [0.1, 0.15) is 6.79 Å². The summed E-state index contributed by atoms with van der Waals surface area (Å²) in [6, 6.07) is -0.137. The van der Waals surface area contributed by atoms with Gasteiger partial charge >= 0.3 is 0 Å². The molecule has 0 aliphatic carbocycles. The zero-order valence-corrected chi connectivity index (χ0v) is 28.3. The number of unbranched alkanes of at least 4 members (excludes halogenated alkanes) is 12. The molecule has 1 N–H and O–H groups in total. The Morgan fingerprint density at radius 2 is 1.24 bits per heavy atom. The molecule has 0 aromatic heterocycles. The first-order chi connectivity index (χ1) is 17.3. The van der Waals surface area contributed by atoms with E-state index in [1.54, 1.807) is 7.11 Å². The molecule has 0 fully saturated rings. The molecule has 0 amide bonds. The highest BCUT2D eigenvalue weighted by Crippen LogP contribution is 2.36. The van der Waals surface area contributed by atoms with Crippen LogP contribution in [0.15, 0.2) is 0 Å². The normalized spacial score (nSPS) is 15.6. The van der Waals surface area contributed by atoms with Crippen molar-refractivity contribution in [2.45, 2.75) is 173 Å². The van der Waals surface area contributed by atoms with Crippen molar-refractivity contribution in [1.29, 1.82) is 0 Å². The summed E-state index contributed by atoms with van der Waals surface area (Å²) in [5, 5.41) is 0.124. The molecule has 0 aliphatic heterocycles. The summed E-state index contributed by atoms with van der Waals surface area (Å²) < 4.78 is 34.0. The first-order valence-corrected chi connectivity index (χ1v) is 19.2. The molecule has 5 nitrogen and oxygen atoms in total. The topological polar surface area (TPSA) is 56.8 Å². The van der Waals surface area contributed by atoms with Crippen LogP contribution in [-0.4, -0.2) is 49.9 Å². The highest BCUT2D eigenvalue weighted by Gasteiger charge is 2.39. The van der Waals surface area contributed by atoms with E-state index in [1.165, 1.54) is 77.0 Å². The minimum Gasteiger partial charge on any atom is -0.415 e. The average Bonchev–Trinajstić information content (AvgIpc) is 2.80. The summed E-state index contributed by atoms with van der Waals surface area (Å²) in [5.41, 5.74) is 0. The van der Waals surface area contributed by atoms with Crippen LogP contribution in [0, 0.1) is 0 Å². The quantitative estimate of drug-likeness (QED) is 0.0766. The number of hydrogen-bond donors (Lipinski definition) is 1. The molecule has 0 saturated heterocycles. The maximum absolute atomic E-state index is 13.0. The molecule has 7 heteroatoms. The minimum absolute atomic E-state index is 0.0938. The van der Waals surface area contributed by atoms with Crippen LogP contribution < -0.4 is 4.72 Å². The molecule has 0 rings (SSSR count). The maximum Gasteiger partial charge on any atom is 0.192 e. The van der Waals surface area contributed by atoms with E-state index in [0.29, 0.717) is 6.61 Å². The highest BCUT2D eigenvalue weighted by atomic mass is 32.2. The summed E-state index contributed by atoms with van der Waals surface area (Å²) in [5.74, 6) is 0. The second-order valence-corrected chi connectivity index (χ2v) is 20.1. The van der Waals surface area contributed by atoms with Gasteiger partial charge in [0.25, 0.3) is 0 Å². The van der Waals surface area contributed by atoms with Crippen LogP contribution >= 0.6 is 0 Å². The largest absolute Gasteiger partial charge is 0.415 e. The number of nitrogens with one attached hydrogen (secondary N) is 1. The molecule has 224 valence electrons. The van der Waals surface area contributed by atoms with Crippen molar-refractivity contribution >= 4 is 19.3 Å². The Labute approximate surface area is 235 Å². The van der Waals surface area contributed by atoms with E-state index in [1.807, 2.05) is 20.8 Å². The molecule has 37 heavy (non-hydrogen) atoms. The molecule has 0 bridgehead atoms. The van der Waals surface area contributed by atoms with Gasteiger partial charge in [-0.05, 0) is 45.3 Å². The third-order valence-corrected chi connectivity index (χ3v) is 13.8. The lowest BCUT2D eigenvalue weighted by atomic mass is 10.0. The van der Waals surface area contributed by atoms with Crippen molar-refractivity contribution in [3.8, 4) is 0 Å². The van der Waals surface area contributed by atoms with Crippen molar-refractivity contribution in [3.05, 3.63) is 0 Å². The first-order valence-electron chi connectivity index (χ1n) is 15.2. The Hall–Kier alpha value is 0.207. The van der Waals surface area contributed by atoms with E-state index >= 15 is 0 Å². The molecule has 1 unspecified atom stereocenters. The van der Waals surface area contributed by atoms with Gasteiger partial charge < -0.3 is 13.9 Å². The van der Waals surface area contributed by atoms with E-state index in [0.717, 1.165) is 12.8 Å². The zero-order valence-electron chi connectivity index (χ0n) is 26.5. The Kier molecular flexibility index (Phi) is 20.3. The van der Waals surface area contributed by atoms with E-state index < -0.39 is 19.3 Å². The first kappa shape index (κ1) is 37.2. The van der Waals surface area contributed by atoms with Gasteiger partial charge in [0, 0.05) is 7.11 Å². The van der Waals surface area contributed by atoms with Crippen LogP contribution in [0.4, 0.5) is 0 Å². The van der Waals surface area contributed by atoms with Gasteiger partial charge in [0.2, 0.25) is 0 Å². The molecule has 0 saturated carbocycles. The summed E-state index contributed by atoms with van der Waals surface area (Å²) in [4.78, 5) is 0. The smallest absolute Gasteiger partial charge is 0.192 e. The Bertz CT molecular complexity index is 575. The summed E-state index contributed by atoms with van der Waals surface area (Å²) in [6.45, 7) is 20.3. The molecular weight excluding hydrogens is 498 g/mol. The summed E-state index contributed by atoms with van der Waals surface area (Å²) in [6.07, 6.45) is 18.2. The van der Waals surface area contributed by atoms with Crippen molar-refractivity contribution < 1.29 is 18.1 Å². The second-order valence-electron chi connectivity index (χ2n) is 13.3. The Morgan fingerprint density at radius 3 is 1.65 bits per heavy atom. The van der Waals surface area contributed by atoms with E-state index in [2.05, 4.69) is 45.5 Å². The van der Waals surface area contributed by atoms with E-state index in [9.17, 15) is 4.21 Å². The monoisotopic (exact) mass is 563 g/mol. The fourth-order valence-electron chi connectivity index (χ4n) is 3.97. The van der Waals surface area contributed by atoms with Gasteiger partial charge in [0.05, 0.1) is 34.5 Å². The lowest BCUT2D eigenvalue weighted by Gasteiger charge is -2.39. The van der Waals surface area contributed by atoms with Crippen LogP contribution in [0.1, 0.15) is 138 Å². The second kappa shape index (κ2) is 20.1. The van der Waals surface area contributed by atoms with E-state index in [4.69, 9.17) is 13.9 Å². The predicted octanol–water partition coefficient (Wildman–Crippen LogP) is 8.90. The van der Waals surface area contributed by atoms with Gasteiger partial charge in [-0.25, -0.2) is 8.93 Å². The van der Waals surface area contributed by atoms with Crippen LogP contribution in [0.3, 0.4) is 0 Å². The van der Waals surface area contributed by atoms with Crippen molar-refractivity contribution in [3.63, 3.8) is 0 Å². The molecule has 0 heterocycles. The maximum atomic E-state index is 13.0. The molecular formula is C30H65NO4SSi. The lowest BCUT2D eigenvalue weighted by molar-refractivity contribution is -0.0881. The van der Waals surface area contributed by atoms with Crippen LogP contribution in [0.5, 0.6) is 0 Å². The summed E-state index contributed by atoms with van der Waals surface area (Å²) >= 11 is 0. The number of hydrogen-bond acceptors (Lipinski definition) is 4. The van der Waals surface area contributed by atoms with Crippen LogP contribution in [0.2, 0.25) is 18.1 Å². The zero-order chi connectivity index (χ0) is 28.4. The number of ether oxygens (including phenoxy) is 2. The SMILES string of the molecule is CCCCCCCCCCCCCCC[C@@H](OCOC)[C@H](CO[Si](C)(C)C(C)(C)C)NS(=O)C(C)(C)C. The standard InChI is InChI=1S/C30H65NO4SSi/c1-11-12-13-14-15-16-17-18-19-20-21-22-23-24-28(34-26-33-8)27(31-36(32)29(2,3)4)25-35-37(9,10)30(5,6)7/h27-28,31H,11-26H2,1-10H3/t27-,28+,36?/m0/s1. The van der Waals surface area contributed by atoms with Gasteiger partial charge in [-0.15, -0.1) is 0 Å². The Morgan fingerprint density at radius 1 is 0.784 bits per heavy atom. The third-order valence-electron chi connectivity index (χ3n) is 7.69. The number of rotatable bonds is 23. The molecule has 0 aromatic carbocycles. The average molecular weight is 564 g/mol. The fraction of sp³-hybridized carbons (Fsp3) is 1.00. The van der Waals surface area contributed by atoms with Gasteiger partial charge in [-0.1, -0.05) is 111 Å². The van der Waals surface area contributed by atoms with Gasteiger partial charge in [-0.2, -0.15) is 0 Å². The van der Waals surface area contributed by atoms with Gasteiger partial charge in [-0.3, -0.25) is 0 Å². The highest BCUT2D eigenvalue weighted by molar-refractivity contribution is 7.84. The molecule has 0 aliphatic rings. The molecule has 0 aromatic rings. The van der Waals surface area contributed by atoms with Gasteiger partial charge in [0.15, 0.2) is 8.32 Å². The fourth-order valence-corrected chi connectivity index (χ4v) is 5.84. The number of methoxy groups -OCH3 is 1.